The van der Waals surface area contributed by atoms with Crippen LogP contribution in [0.25, 0.3) is 0 Å². The molecule has 0 bridgehead atoms. The van der Waals surface area contributed by atoms with Gasteiger partial charge >= 0.3 is 6.36 Å². The third-order valence-corrected chi connectivity index (χ3v) is 3.63. The molecule has 0 fully saturated rings. The number of hydrogen-bond donors (Lipinski definition) is 1. The van der Waals surface area contributed by atoms with Crippen LogP contribution in [0, 0.1) is 11.3 Å². The Morgan fingerprint density at radius 2 is 1.70 bits per heavy atom. The maximum Gasteiger partial charge on any atom is 0.573 e. The summed E-state index contributed by atoms with van der Waals surface area (Å²) in [5.74, 6) is 0.0602. The minimum Gasteiger partial charge on any atom is -0.405 e. The molecule has 0 spiro atoms. The fourth-order valence-electron chi connectivity index (χ4n) is 1.87. The number of rotatable bonds is 4. The average molecular weight is 289 g/mol. The Bertz CT molecular complexity index is 437. The molecule has 0 radical (unpaired) electrons. The van der Waals surface area contributed by atoms with E-state index in [9.17, 15) is 13.2 Å². The molecule has 2 N–H and O–H groups in total. The molecule has 0 amide bonds. The first kappa shape index (κ1) is 16.8. The van der Waals surface area contributed by atoms with E-state index >= 15 is 0 Å². The van der Waals surface area contributed by atoms with Gasteiger partial charge in [0.2, 0.25) is 0 Å². The quantitative estimate of drug-likeness (QED) is 0.875. The first-order chi connectivity index (χ1) is 9.00. The lowest BCUT2D eigenvalue weighted by Crippen LogP contribution is -2.24. The van der Waals surface area contributed by atoms with Gasteiger partial charge in [0, 0.05) is 11.6 Å². The van der Waals surface area contributed by atoms with E-state index in [2.05, 4.69) is 25.5 Å². The predicted molar refractivity (Wildman–Crippen MR) is 73.3 cm³/mol. The van der Waals surface area contributed by atoms with Crippen molar-refractivity contribution in [1.29, 1.82) is 0 Å². The molecular weight excluding hydrogens is 267 g/mol. The van der Waals surface area contributed by atoms with Gasteiger partial charge in [-0.05, 0) is 23.8 Å². The number of hydrogen-bond acceptors (Lipinski definition) is 2. The van der Waals surface area contributed by atoms with Gasteiger partial charge in [-0.2, -0.15) is 0 Å². The van der Waals surface area contributed by atoms with E-state index in [0.29, 0.717) is 12.0 Å². The number of halogens is 3. The molecule has 0 aliphatic carbocycles. The van der Waals surface area contributed by atoms with E-state index in [1.165, 1.54) is 12.1 Å². The van der Waals surface area contributed by atoms with E-state index in [1.54, 1.807) is 12.1 Å². The van der Waals surface area contributed by atoms with E-state index in [0.717, 1.165) is 0 Å². The number of ether oxygens (including phenoxy) is 1. The van der Waals surface area contributed by atoms with Crippen molar-refractivity contribution in [2.45, 2.75) is 46.5 Å². The summed E-state index contributed by atoms with van der Waals surface area (Å²) in [5, 5.41) is 0. The molecule has 0 aromatic heterocycles. The lowest BCUT2D eigenvalue weighted by Gasteiger charge is -2.30. The third kappa shape index (κ3) is 5.04. The monoisotopic (exact) mass is 289 g/mol. The summed E-state index contributed by atoms with van der Waals surface area (Å²) in [6, 6.07) is 5.57. The summed E-state index contributed by atoms with van der Waals surface area (Å²) < 4.78 is 41.2. The Morgan fingerprint density at radius 3 is 2.20 bits per heavy atom. The van der Waals surface area contributed by atoms with Crippen molar-refractivity contribution in [2.75, 3.05) is 0 Å². The second-order valence-electron chi connectivity index (χ2n) is 6.19. The minimum absolute atomic E-state index is 0.0530. The summed E-state index contributed by atoms with van der Waals surface area (Å²) in [5.41, 5.74) is 6.51. The zero-order chi connectivity index (χ0) is 15.6. The van der Waals surface area contributed by atoms with Crippen LogP contribution in [0.4, 0.5) is 13.2 Å². The molecule has 2 atom stereocenters. The number of para-hydroxylation sites is 1. The Balaban J connectivity index is 2.90. The molecule has 0 saturated heterocycles. The van der Waals surface area contributed by atoms with Gasteiger partial charge in [-0.15, -0.1) is 13.2 Å². The van der Waals surface area contributed by atoms with Gasteiger partial charge in [0.25, 0.3) is 0 Å². The van der Waals surface area contributed by atoms with Crippen LogP contribution in [0.3, 0.4) is 0 Å². The van der Waals surface area contributed by atoms with Crippen LogP contribution in [-0.2, 0) is 0 Å². The van der Waals surface area contributed by atoms with Gasteiger partial charge in [-0.25, -0.2) is 0 Å². The standard InChI is InChI=1S/C15H22F3NO/c1-10(14(2,3)4)9-12(19)11-7-5-6-8-13(11)20-15(16,17)18/h5-8,10,12H,9,19H2,1-4H3. The van der Waals surface area contributed by atoms with Crippen molar-refractivity contribution < 1.29 is 17.9 Å². The normalized spacial score (nSPS) is 15.8. The lowest BCUT2D eigenvalue weighted by atomic mass is 9.77. The molecule has 1 rings (SSSR count). The maximum atomic E-state index is 12.4. The van der Waals surface area contributed by atoms with Gasteiger partial charge in [0.1, 0.15) is 5.75 Å². The first-order valence-electron chi connectivity index (χ1n) is 6.61. The summed E-state index contributed by atoms with van der Waals surface area (Å²) in [6.07, 6.45) is -4.10. The summed E-state index contributed by atoms with van der Waals surface area (Å²) in [4.78, 5) is 0. The first-order valence-corrected chi connectivity index (χ1v) is 6.61. The maximum absolute atomic E-state index is 12.4. The Kier molecular flexibility index (Phi) is 5.08. The highest BCUT2D eigenvalue weighted by molar-refractivity contribution is 5.36. The van der Waals surface area contributed by atoms with Gasteiger partial charge < -0.3 is 10.5 Å². The molecule has 2 unspecified atom stereocenters. The van der Waals surface area contributed by atoms with Crippen molar-refractivity contribution >= 4 is 0 Å². The minimum atomic E-state index is -4.70. The molecule has 20 heavy (non-hydrogen) atoms. The third-order valence-electron chi connectivity index (χ3n) is 3.63. The molecule has 0 aliphatic heterocycles. The Morgan fingerprint density at radius 1 is 1.15 bits per heavy atom. The molecular formula is C15H22F3NO. The van der Waals surface area contributed by atoms with Crippen LogP contribution in [0.15, 0.2) is 24.3 Å². The lowest BCUT2D eigenvalue weighted by molar-refractivity contribution is -0.275. The van der Waals surface area contributed by atoms with Crippen LogP contribution in [-0.4, -0.2) is 6.36 Å². The predicted octanol–water partition coefficient (Wildman–Crippen LogP) is 4.66. The summed E-state index contributed by atoms with van der Waals surface area (Å²) in [7, 11) is 0. The molecule has 0 aliphatic rings. The van der Waals surface area contributed by atoms with Crippen molar-refractivity contribution in [3.8, 4) is 5.75 Å². The SMILES string of the molecule is CC(CC(N)c1ccccc1OC(F)(F)F)C(C)(C)C. The van der Waals surface area contributed by atoms with Crippen LogP contribution in [0.2, 0.25) is 0 Å². The van der Waals surface area contributed by atoms with Crippen molar-refractivity contribution in [3.63, 3.8) is 0 Å². The largest absolute Gasteiger partial charge is 0.573 e. The number of nitrogens with two attached hydrogens (primary N) is 1. The van der Waals surface area contributed by atoms with Crippen LogP contribution >= 0.6 is 0 Å². The number of benzene rings is 1. The van der Waals surface area contributed by atoms with E-state index in [1.807, 2.05) is 6.92 Å². The smallest absolute Gasteiger partial charge is 0.405 e. The van der Waals surface area contributed by atoms with Gasteiger partial charge in [-0.3, -0.25) is 0 Å². The zero-order valence-electron chi connectivity index (χ0n) is 12.3. The highest BCUT2D eigenvalue weighted by atomic mass is 19.4. The topological polar surface area (TPSA) is 35.2 Å². The molecule has 114 valence electrons. The van der Waals surface area contributed by atoms with E-state index in [-0.39, 0.29) is 17.1 Å². The van der Waals surface area contributed by atoms with Crippen molar-refractivity contribution in [2.24, 2.45) is 17.1 Å². The van der Waals surface area contributed by atoms with Crippen molar-refractivity contribution in [1.82, 2.24) is 0 Å². The molecule has 2 nitrogen and oxygen atoms in total. The highest BCUT2D eigenvalue weighted by Crippen LogP contribution is 2.36. The van der Waals surface area contributed by atoms with Gasteiger partial charge in [0.05, 0.1) is 0 Å². The molecule has 5 heteroatoms. The van der Waals surface area contributed by atoms with E-state index in [4.69, 9.17) is 5.73 Å². The molecule has 0 saturated carbocycles. The summed E-state index contributed by atoms with van der Waals surface area (Å²) in [6.45, 7) is 8.31. The van der Waals surface area contributed by atoms with E-state index < -0.39 is 12.4 Å². The van der Waals surface area contributed by atoms with Crippen molar-refractivity contribution in [3.05, 3.63) is 29.8 Å². The molecule has 0 heterocycles. The second-order valence-corrected chi connectivity index (χ2v) is 6.19. The highest BCUT2D eigenvalue weighted by Gasteiger charge is 2.33. The fraction of sp³-hybridized carbons (Fsp3) is 0.600. The summed E-state index contributed by atoms with van der Waals surface area (Å²) >= 11 is 0. The van der Waals surface area contributed by atoms with Crippen LogP contribution < -0.4 is 10.5 Å². The fourth-order valence-corrected chi connectivity index (χ4v) is 1.87. The molecule has 1 aromatic carbocycles. The second kappa shape index (κ2) is 6.04. The Hall–Kier alpha value is -1.23. The Labute approximate surface area is 118 Å². The van der Waals surface area contributed by atoms with Gasteiger partial charge in [0.15, 0.2) is 0 Å². The van der Waals surface area contributed by atoms with Crippen LogP contribution in [0.5, 0.6) is 5.75 Å². The number of alkyl halides is 3. The van der Waals surface area contributed by atoms with Crippen LogP contribution in [0.1, 0.15) is 45.7 Å². The zero-order valence-corrected chi connectivity index (χ0v) is 12.3. The average Bonchev–Trinajstić information content (AvgIpc) is 2.25. The van der Waals surface area contributed by atoms with Gasteiger partial charge in [-0.1, -0.05) is 45.9 Å². The molecule has 1 aromatic rings.